The number of rotatable bonds is 9. The van der Waals surface area contributed by atoms with Gasteiger partial charge in [-0.05, 0) is 43.4 Å². The molecule has 1 aliphatic carbocycles. The molecule has 3 rings (SSSR count). The number of hydrogen-bond donors (Lipinski definition) is 2. The van der Waals surface area contributed by atoms with Gasteiger partial charge in [-0.1, -0.05) is 44.4 Å². The summed E-state index contributed by atoms with van der Waals surface area (Å²) in [5.41, 5.74) is 1.00. The number of sulfone groups is 1. The molecule has 3 unspecified atom stereocenters. The Morgan fingerprint density at radius 1 is 1.23 bits per heavy atom. The number of amides is 2. The fourth-order valence-corrected chi connectivity index (χ4v) is 5.35. The molecule has 2 N–H and O–H groups in total. The van der Waals surface area contributed by atoms with Gasteiger partial charge in [0.05, 0.1) is 23.3 Å². The van der Waals surface area contributed by atoms with Crippen LogP contribution in [0.15, 0.2) is 24.3 Å². The summed E-state index contributed by atoms with van der Waals surface area (Å²) in [6.07, 6.45) is 4.76. The van der Waals surface area contributed by atoms with Gasteiger partial charge in [-0.3, -0.25) is 9.59 Å². The number of halogens is 1. The van der Waals surface area contributed by atoms with Crippen molar-refractivity contribution in [2.45, 2.75) is 64.6 Å². The summed E-state index contributed by atoms with van der Waals surface area (Å²) in [5, 5.41) is 16.6. The van der Waals surface area contributed by atoms with E-state index in [1.54, 1.807) is 28.8 Å². The van der Waals surface area contributed by atoms with Gasteiger partial charge in [-0.15, -0.1) is 0 Å². The molecule has 0 spiro atoms. The summed E-state index contributed by atoms with van der Waals surface area (Å²) in [4.78, 5) is 26.4. The average Bonchev–Trinajstić information content (AvgIpc) is 3.14. The van der Waals surface area contributed by atoms with E-state index in [9.17, 15) is 23.3 Å². The smallest absolute Gasteiger partial charge is 0.268 e. The number of nitrogens with one attached hydrogen (secondary N) is 2. The molecule has 1 fully saturated rings. The topological polar surface area (TPSA) is 121 Å². The largest absolute Gasteiger partial charge is 0.347 e. The van der Waals surface area contributed by atoms with Crippen LogP contribution in [0.5, 0.6) is 0 Å². The van der Waals surface area contributed by atoms with Gasteiger partial charge in [0, 0.05) is 29.3 Å². The van der Waals surface area contributed by atoms with Gasteiger partial charge in [0.25, 0.3) is 5.91 Å². The Bertz CT molecular complexity index is 1230. The predicted molar refractivity (Wildman–Crippen MR) is 137 cm³/mol. The Labute approximate surface area is 211 Å². The maximum Gasteiger partial charge on any atom is 0.268 e. The first-order valence-corrected chi connectivity index (χ1v) is 14.4. The molecule has 1 aliphatic rings. The first-order valence-electron chi connectivity index (χ1n) is 12.0. The second-order valence-corrected chi connectivity index (χ2v) is 12.5. The number of nitriles is 1. The maximum absolute atomic E-state index is 13.4. The highest BCUT2D eigenvalue weighted by molar-refractivity contribution is 7.90. The third kappa shape index (κ3) is 7.21. The van der Waals surface area contributed by atoms with Crippen LogP contribution in [-0.4, -0.2) is 48.9 Å². The fraction of sp³-hybridized carbons (Fsp3) is 0.560. The quantitative estimate of drug-likeness (QED) is 0.522. The maximum atomic E-state index is 13.4. The van der Waals surface area contributed by atoms with Crippen molar-refractivity contribution in [2.75, 3.05) is 12.0 Å². The van der Waals surface area contributed by atoms with Gasteiger partial charge in [0.15, 0.2) is 0 Å². The SMILES string of the molecule is CC(C)CC(C#N)NC(=O)C1CCCCC1NC(=O)c1cc2ccc(Cl)cc2n1CCS(C)(=O)=O. The molecule has 190 valence electrons. The fourth-order valence-electron chi connectivity index (χ4n) is 4.67. The molecule has 1 aromatic carbocycles. The van der Waals surface area contributed by atoms with E-state index in [2.05, 4.69) is 16.7 Å². The molecule has 0 saturated heterocycles. The third-order valence-electron chi connectivity index (χ3n) is 6.38. The lowest BCUT2D eigenvalue weighted by Gasteiger charge is -2.32. The number of aryl methyl sites for hydroxylation is 1. The minimum Gasteiger partial charge on any atom is -0.347 e. The zero-order chi connectivity index (χ0) is 25.8. The molecule has 1 saturated carbocycles. The molecule has 0 radical (unpaired) electrons. The molecule has 8 nitrogen and oxygen atoms in total. The molecule has 0 aliphatic heterocycles. The molecule has 35 heavy (non-hydrogen) atoms. The standard InChI is InChI=1S/C25H33ClN4O4S/c1-16(2)12-19(15-27)28-24(31)20-6-4-5-7-21(20)29-25(32)23-13-17-8-9-18(26)14-22(17)30(23)10-11-35(3,33)34/h8-9,13-14,16,19-21H,4-7,10-12H2,1-3H3,(H,28,31)(H,29,32). The van der Waals surface area contributed by atoms with E-state index in [1.165, 1.54) is 0 Å². The van der Waals surface area contributed by atoms with Gasteiger partial charge in [-0.25, -0.2) is 8.42 Å². The van der Waals surface area contributed by atoms with E-state index in [4.69, 9.17) is 11.6 Å². The Kier molecular flexibility index (Phi) is 8.84. The molecule has 1 aromatic heterocycles. The molecule has 2 aromatic rings. The number of carbonyl (C=O) groups excluding carboxylic acids is 2. The monoisotopic (exact) mass is 520 g/mol. The number of fused-ring (bicyclic) bond motifs is 1. The summed E-state index contributed by atoms with van der Waals surface area (Å²) in [6, 6.07) is 8.15. The van der Waals surface area contributed by atoms with Crippen LogP contribution >= 0.6 is 11.6 Å². The Morgan fingerprint density at radius 2 is 1.94 bits per heavy atom. The van der Waals surface area contributed by atoms with Gasteiger partial charge < -0.3 is 15.2 Å². The lowest BCUT2D eigenvalue weighted by molar-refractivity contribution is -0.127. The first kappa shape index (κ1) is 27.0. The zero-order valence-corrected chi connectivity index (χ0v) is 22.0. The van der Waals surface area contributed by atoms with E-state index >= 15 is 0 Å². The lowest BCUT2D eigenvalue weighted by atomic mass is 9.83. The number of aromatic nitrogens is 1. The van der Waals surface area contributed by atoms with Crippen molar-refractivity contribution in [2.24, 2.45) is 11.8 Å². The van der Waals surface area contributed by atoms with Crippen LogP contribution in [0.4, 0.5) is 0 Å². The van der Waals surface area contributed by atoms with E-state index in [0.29, 0.717) is 35.5 Å². The van der Waals surface area contributed by atoms with Crippen LogP contribution in [0.25, 0.3) is 10.9 Å². The van der Waals surface area contributed by atoms with Crippen LogP contribution in [0, 0.1) is 23.2 Å². The van der Waals surface area contributed by atoms with E-state index < -0.39 is 21.8 Å². The summed E-state index contributed by atoms with van der Waals surface area (Å²) in [5.74, 6) is -0.868. The third-order valence-corrected chi connectivity index (χ3v) is 7.54. The highest BCUT2D eigenvalue weighted by Crippen LogP contribution is 2.27. The van der Waals surface area contributed by atoms with Crippen LogP contribution in [0.2, 0.25) is 5.02 Å². The van der Waals surface area contributed by atoms with Crippen molar-refractivity contribution in [3.05, 3.63) is 35.0 Å². The van der Waals surface area contributed by atoms with Gasteiger partial charge >= 0.3 is 0 Å². The Morgan fingerprint density at radius 3 is 2.60 bits per heavy atom. The zero-order valence-electron chi connectivity index (χ0n) is 20.4. The van der Waals surface area contributed by atoms with Crippen molar-refractivity contribution in [3.63, 3.8) is 0 Å². The molecule has 0 bridgehead atoms. The van der Waals surface area contributed by atoms with E-state index in [-0.39, 0.29) is 36.1 Å². The van der Waals surface area contributed by atoms with Crippen molar-refractivity contribution in [1.82, 2.24) is 15.2 Å². The number of nitrogens with zero attached hydrogens (tertiary/aromatic N) is 2. The highest BCUT2D eigenvalue weighted by Gasteiger charge is 2.34. The molecule has 3 atom stereocenters. The Balaban J connectivity index is 1.83. The minimum absolute atomic E-state index is 0.110. The number of hydrogen-bond acceptors (Lipinski definition) is 5. The van der Waals surface area contributed by atoms with Gasteiger partial charge in [0.1, 0.15) is 21.6 Å². The van der Waals surface area contributed by atoms with Gasteiger partial charge in [0.2, 0.25) is 5.91 Å². The molecular formula is C25H33ClN4O4S. The second-order valence-electron chi connectivity index (χ2n) is 9.80. The van der Waals surface area contributed by atoms with Crippen LogP contribution < -0.4 is 10.6 Å². The minimum atomic E-state index is -3.26. The average molecular weight is 521 g/mol. The number of carbonyl (C=O) groups is 2. The van der Waals surface area contributed by atoms with E-state index in [1.807, 2.05) is 13.8 Å². The summed E-state index contributed by atoms with van der Waals surface area (Å²) < 4.78 is 25.3. The van der Waals surface area contributed by atoms with Crippen molar-refractivity contribution in [3.8, 4) is 6.07 Å². The normalized spacial score (nSPS) is 19.3. The van der Waals surface area contributed by atoms with Gasteiger partial charge in [-0.2, -0.15) is 5.26 Å². The first-order chi connectivity index (χ1) is 16.5. The Hall–Kier alpha value is -2.57. The van der Waals surface area contributed by atoms with Crippen molar-refractivity contribution in [1.29, 1.82) is 5.26 Å². The highest BCUT2D eigenvalue weighted by atomic mass is 35.5. The molecular weight excluding hydrogens is 488 g/mol. The van der Waals surface area contributed by atoms with Crippen molar-refractivity contribution < 1.29 is 18.0 Å². The van der Waals surface area contributed by atoms with Crippen molar-refractivity contribution >= 4 is 44.2 Å². The lowest BCUT2D eigenvalue weighted by Crippen LogP contribution is -2.50. The van der Waals surface area contributed by atoms with Crippen LogP contribution in [0.3, 0.4) is 0 Å². The van der Waals surface area contributed by atoms with E-state index in [0.717, 1.165) is 24.5 Å². The summed E-state index contributed by atoms with van der Waals surface area (Å²) in [6.45, 7) is 4.10. The molecule has 2 amide bonds. The van der Waals surface area contributed by atoms with Crippen LogP contribution in [0.1, 0.15) is 56.4 Å². The molecule has 10 heteroatoms. The summed E-state index contributed by atoms with van der Waals surface area (Å²) >= 11 is 6.16. The number of benzene rings is 1. The molecule has 1 heterocycles. The second kappa shape index (κ2) is 11.4. The summed E-state index contributed by atoms with van der Waals surface area (Å²) in [7, 11) is -3.26. The van der Waals surface area contributed by atoms with Crippen LogP contribution in [-0.2, 0) is 21.2 Å². The predicted octanol–water partition coefficient (Wildman–Crippen LogP) is 3.68.